The predicted octanol–water partition coefficient (Wildman–Crippen LogP) is 2.76. The van der Waals surface area contributed by atoms with E-state index in [2.05, 4.69) is 0 Å². The molecule has 0 spiro atoms. The summed E-state index contributed by atoms with van der Waals surface area (Å²) < 4.78 is 19.2. The van der Waals surface area contributed by atoms with Gasteiger partial charge in [0.15, 0.2) is 5.76 Å². The summed E-state index contributed by atoms with van der Waals surface area (Å²) in [7, 11) is 0. The molecule has 1 aromatic carbocycles. The van der Waals surface area contributed by atoms with Crippen molar-refractivity contribution in [3.05, 3.63) is 46.7 Å². The molecule has 0 aliphatic carbocycles. The van der Waals surface area contributed by atoms with Gasteiger partial charge < -0.3 is 9.62 Å². The summed E-state index contributed by atoms with van der Waals surface area (Å²) in [6.45, 7) is 3.31. The first-order chi connectivity index (χ1) is 7.11. The molecule has 2 rings (SSSR count). The second-order valence-corrected chi connectivity index (χ2v) is 3.32. The minimum atomic E-state index is -0.462. The van der Waals surface area contributed by atoms with E-state index in [1.54, 1.807) is 26.0 Å². The van der Waals surface area contributed by atoms with E-state index in [1.165, 1.54) is 12.1 Å². The summed E-state index contributed by atoms with van der Waals surface area (Å²) in [4.78, 5) is 0. The molecule has 1 heterocycles. The van der Waals surface area contributed by atoms with Gasteiger partial charge in [0.1, 0.15) is 11.4 Å². The van der Waals surface area contributed by atoms with Gasteiger partial charge in [-0.05, 0) is 12.1 Å². The third-order valence-corrected chi connectivity index (χ3v) is 2.35. The summed E-state index contributed by atoms with van der Waals surface area (Å²) in [6, 6.07) is 6.03. The Morgan fingerprint density at radius 2 is 1.88 bits per heavy atom. The van der Waals surface area contributed by atoms with Crippen molar-refractivity contribution in [1.82, 2.24) is 0 Å². The summed E-state index contributed by atoms with van der Waals surface area (Å²) >= 11 is 0. The molecular formula is C11H11ClFNO2. The first-order valence-corrected chi connectivity index (χ1v) is 4.55. The second-order valence-electron chi connectivity index (χ2n) is 3.32. The Balaban J connectivity index is 0.00000128. The molecule has 0 saturated heterocycles. The number of benzene rings is 1. The molecule has 0 atom stereocenters. The lowest BCUT2D eigenvalue weighted by Gasteiger charge is -1.98. The molecule has 0 saturated carbocycles. The van der Waals surface area contributed by atoms with Crippen molar-refractivity contribution in [2.45, 2.75) is 13.8 Å². The van der Waals surface area contributed by atoms with Crippen LogP contribution in [0.1, 0.15) is 11.5 Å². The number of hydrogen-bond acceptors (Lipinski definition) is 2. The zero-order chi connectivity index (χ0) is 11.0. The van der Waals surface area contributed by atoms with E-state index in [1.807, 2.05) is 0 Å². The number of oxazole rings is 1. The lowest BCUT2D eigenvalue weighted by molar-refractivity contribution is -0.603. The third-order valence-electron chi connectivity index (χ3n) is 2.35. The quantitative estimate of drug-likeness (QED) is 0.571. The van der Waals surface area contributed by atoms with Crippen molar-refractivity contribution >= 4 is 12.4 Å². The molecule has 2 aromatic rings. The monoisotopic (exact) mass is 243 g/mol. The molecule has 0 unspecified atom stereocenters. The van der Waals surface area contributed by atoms with Crippen LogP contribution < -0.4 is 4.73 Å². The Morgan fingerprint density at radius 1 is 1.25 bits per heavy atom. The minimum Gasteiger partial charge on any atom is -0.616 e. The average Bonchev–Trinajstić information content (AvgIpc) is 2.47. The average molecular weight is 244 g/mol. The van der Waals surface area contributed by atoms with Crippen molar-refractivity contribution in [3.63, 3.8) is 0 Å². The topological polar surface area (TPSA) is 40.1 Å². The summed E-state index contributed by atoms with van der Waals surface area (Å²) in [5.74, 6) is 0.0437. The Bertz CT molecular complexity index is 511. The van der Waals surface area contributed by atoms with Crippen LogP contribution in [0.25, 0.3) is 11.5 Å². The Labute approximate surface area is 98.5 Å². The molecule has 0 radical (unpaired) electrons. The Morgan fingerprint density at radius 3 is 2.38 bits per heavy atom. The molecule has 0 amide bonds. The van der Waals surface area contributed by atoms with Gasteiger partial charge in [0.05, 0.1) is 0 Å². The number of nitrogens with zero attached hydrogens (tertiary/aromatic N) is 1. The molecule has 0 fully saturated rings. The highest BCUT2D eigenvalue weighted by atomic mass is 35.5. The summed E-state index contributed by atoms with van der Waals surface area (Å²) in [5, 5.41) is 11.6. The standard InChI is InChI=1S/C11H10FNO2.ClH/c1-7-8(2)15-11(13(7)14)9-5-3-4-6-10(9)12;/h3-6H,1-2H3;1H. The van der Waals surface area contributed by atoms with E-state index in [0.29, 0.717) is 16.2 Å². The molecule has 0 N–H and O–H groups in total. The Kier molecular flexibility index (Phi) is 3.55. The zero-order valence-electron chi connectivity index (χ0n) is 8.86. The van der Waals surface area contributed by atoms with Crippen LogP contribution in [0.15, 0.2) is 28.7 Å². The molecular weight excluding hydrogens is 233 g/mol. The molecule has 0 aliphatic heterocycles. The van der Waals surface area contributed by atoms with Gasteiger partial charge in [0.2, 0.25) is 5.69 Å². The SMILES string of the molecule is Cc1oc(-c2ccccc2F)[n+]([O-])c1C.Cl. The third kappa shape index (κ3) is 1.88. The van der Waals surface area contributed by atoms with E-state index in [4.69, 9.17) is 4.42 Å². The van der Waals surface area contributed by atoms with E-state index >= 15 is 0 Å². The maximum atomic E-state index is 13.4. The van der Waals surface area contributed by atoms with Crippen LogP contribution in [0.4, 0.5) is 4.39 Å². The van der Waals surface area contributed by atoms with E-state index < -0.39 is 5.82 Å². The maximum absolute atomic E-state index is 13.4. The van der Waals surface area contributed by atoms with Gasteiger partial charge in [-0.2, -0.15) is 0 Å². The van der Waals surface area contributed by atoms with Crippen LogP contribution in [0.3, 0.4) is 0 Å². The molecule has 0 aliphatic rings. The van der Waals surface area contributed by atoms with Gasteiger partial charge in [-0.1, -0.05) is 12.1 Å². The fourth-order valence-corrected chi connectivity index (χ4v) is 1.35. The van der Waals surface area contributed by atoms with Crippen LogP contribution in [0.5, 0.6) is 0 Å². The van der Waals surface area contributed by atoms with Gasteiger partial charge in [-0.3, -0.25) is 0 Å². The maximum Gasteiger partial charge on any atom is 0.395 e. The second kappa shape index (κ2) is 4.53. The first kappa shape index (κ1) is 12.5. The van der Waals surface area contributed by atoms with Crippen LogP contribution >= 0.6 is 12.4 Å². The zero-order valence-corrected chi connectivity index (χ0v) is 9.68. The van der Waals surface area contributed by atoms with Crippen LogP contribution in [0.2, 0.25) is 0 Å². The highest BCUT2D eigenvalue weighted by molar-refractivity contribution is 5.85. The summed E-state index contributed by atoms with van der Waals surface area (Å²) in [5.41, 5.74) is 0.636. The lowest BCUT2D eigenvalue weighted by Crippen LogP contribution is -2.29. The Hall–Kier alpha value is -1.55. The lowest BCUT2D eigenvalue weighted by atomic mass is 10.2. The molecule has 16 heavy (non-hydrogen) atoms. The van der Waals surface area contributed by atoms with Crippen molar-refractivity contribution in [2.24, 2.45) is 0 Å². The largest absolute Gasteiger partial charge is 0.616 e. The van der Waals surface area contributed by atoms with Gasteiger partial charge in [-0.15, -0.1) is 17.1 Å². The van der Waals surface area contributed by atoms with Crippen molar-refractivity contribution in [3.8, 4) is 11.5 Å². The van der Waals surface area contributed by atoms with E-state index in [-0.39, 0.29) is 23.9 Å². The van der Waals surface area contributed by atoms with Crippen molar-refractivity contribution < 1.29 is 13.5 Å². The number of hydrogen-bond donors (Lipinski definition) is 0. The fraction of sp³-hybridized carbons (Fsp3) is 0.182. The molecule has 1 aromatic heterocycles. The van der Waals surface area contributed by atoms with Gasteiger partial charge in [-0.25, -0.2) is 4.39 Å². The van der Waals surface area contributed by atoms with Crippen molar-refractivity contribution in [2.75, 3.05) is 0 Å². The number of aryl methyl sites for hydroxylation is 1. The number of rotatable bonds is 1. The van der Waals surface area contributed by atoms with Crippen LogP contribution in [-0.4, -0.2) is 0 Å². The smallest absolute Gasteiger partial charge is 0.395 e. The molecule has 0 bridgehead atoms. The normalized spacial score (nSPS) is 9.94. The molecule has 3 nitrogen and oxygen atoms in total. The fourth-order valence-electron chi connectivity index (χ4n) is 1.35. The van der Waals surface area contributed by atoms with Crippen LogP contribution in [-0.2, 0) is 0 Å². The highest BCUT2D eigenvalue weighted by Gasteiger charge is 2.22. The predicted molar refractivity (Wildman–Crippen MR) is 59.8 cm³/mol. The highest BCUT2D eigenvalue weighted by Crippen LogP contribution is 2.21. The van der Waals surface area contributed by atoms with Crippen molar-refractivity contribution in [1.29, 1.82) is 0 Å². The van der Waals surface area contributed by atoms with Gasteiger partial charge in [0.25, 0.3) is 0 Å². The molecule has 5 heteroatoms. The summed E-state index contributed by atoms with van der Waals surface area (Å²) in [6.07, 6.45) is 0. The van der Waals surface area contributed by atoms with E-state index in [9.17, 15) is 9.60 Å². The van der Waals surface area contributed by atoms with Gasteiger partial charge >= 0.3 is 5.89 Å². The first-order valence-electron chi connectivity index (χ1n) is 4.55. The van der Waals surface area contributed by atoms with Crippen LogP contribution in [0, 0.1) is 24.9 Å². The van der Waals surface area contributed by atoms with E-state index in [0.717, 1.165) is 0 Å². The van der Waals surface area contributed by atoms with Gasteiger partial charge in [0, 0.05) is 13.8 Å². The number of aromatic nitrogens is 1. The number of halogens is 2. The minimum absolute atomic E-state index is 0. The molecule has 86 valence electrons.